The molecule has 0 aliphatic carbocycles. The fraction of sp³-hybridized carbons (Fsp3) is 0.444. The van der Waals surface area contributed by atoms with Gasteiger partial charge in [-0.2, -0.15) is 18.2 Å². The van der Waals surface area contributed by atoms with Gasteiger partial charge in [0.1, 0.15) is 5.56 Å². The first-order valence-electron chi connectivity index (χ1n) is 8.19. The quantitative estimate of drug-likeness (QED) is 0.741. The van der Waals surface area contributed by atoms with E-state index in [4.69, 9.17) is 4.74 Å². The molecule has 0 fully saturated rings. The summed E-state index contributed by atoms with van der Waals surface area (Å²) in [5, 5.41) is 2.99. The molecule has 1 aromatic carbocycles. The summed E-state index contributed by atoms with van der Waals surface area (Å²) in [5.74, 6) is -0.144. The molecule has 0 aliphatic heterocycles. The number of rotatable bonds is 6. The number of benzene rings is 1. The summed E-state index contributed by atoms with van der Waals surface area (Å²) < 4.78 is 44.8. The Balaban J connectivity index is 2.38. The van der Waals surface area contributed by atoms with Crippen LogP contribution in [-0.2, 0) is 6.18 Å². The molecule has 0 saturated heterocycles. The van der Waals surface area contributed by atoms with Gasteiger partial charge in [-0.15, -0.1) is 0 Å². The van der Waals surface area contributed by atoms with Gasteiger partial charge in [0, 0.05) is 11.9 Å². The van der Waals surface area contributed by atoms with E-state index in [1.54, 1.807) is 6.92 Å². The summed E-state index contributed by atoms with van der Waals surface area (Å²) in [4.78, 5) is 7.77. The van der Waals surface area contributed by atoms with Crippen LogP contribution in [-0.4, -0.2) is 16.1 Å². The number of hydrogen-bond acceptors (Lipinski definition) is 4. The minimum absolute atomic E-state index is 0.0689. The molecular formula is C18H22F3N3O. The van der Waals surface area contributed by atoms with E-state index in [-0.39, 0.29) is 18.0 Å². The second-order valence-corrected chi connectivity index (χ2v) is 6.11. The van der Waals surface area contributed by atoms with Crippen molar-refractivity contribution in [3.8, 4) is 5.88 Å². The first kappa shape index (κ1) is 19.0. The van der Waals surface area contributed by atoms with E-state index >= 15 is 0 Å². The molecule has 2 rings (SSSR count). The maximum atomic E-state index is 13.2. The summed E-state index contributed by atoms with van der Waals surface area (Å²) in [6, 6.07) is 7.54. The summed E-state index contributed by atoms with van der Waals surface area (Å²) in [5.41, 5.74) is 0.803. The van der Waals surface area contributed by atoms with Crippen LogP contribution in [0.4, 0.5) is 24.8 Å². The molecule has 0 radical (unpaired) electrons. The maximum Gasteiger partial charge on any atom is 0.423 e. The van der Waals surface area contributed by atoms with Crippen LogP contribution in [0.1, 0.15) is 51.2 Å². The molecule has 25 heavy (non-hydrogen) atoms. The Hall–Kier alpha value is -2.31. The van der Waals surface area contributed by atoms with E-state index in [9.17, 15) is 13.2 Å². The zero-order chi connectivity index (χ0) is 18.6. The fourth-order valence-corrected chi connectivity index (χ4v) is 2.22. The molecule has 0 aliphatic rings. The molecule has 0 amide bonds. The summed E-state index contributed by atoms with van der Waals surface area (Å²) in [6.07, 6.45) is -3.63. The number of hydrogen-bond donors (Lipinski definition) is 1. The van der Waals surface area contributed by atoms with Crippen LogP contribution in [0, 0.1) is 0 Å². The zero-order valence-corrected chi connectivity index (χ0v) is 14.7. The Morgan fingerprint density at radius 1 is 1.16 bits per heavy atom. The number of anilines is 2. The van der Waals surface area contributed by atoms with Crippen LogP contribution in [0.3, 0.4) is 0 Å². The van der Waals surface area contributed by atoms with Gasteiger partial charge >= 0.3 is 6.18 Å². The number of alkyl halides is 3. The average Bonchev–Trinajstić information content (AvgIpc) is 2.54. The third-order valence-corrected chi connectivity index (χ3v) is 3.78. The van der Waals surface area contributed by atoms with Crippen molar-refractivity contribution in [1.82, 2.24) is 9.97 Å². The highest BCUT2D eigenvalue weighted by molar-refractivity contribution is 5.59. The molecule has 0 bridgehead atoms. The van der Waals surface area contributed by atoms with Crippen molar-refractivity contribution in [2.75, 3.05) is 5.32 Å². The second-order valence-electron chi connectivity index (χ2n) is 6.11. The molecule has 1 heterocycles. The topological polar surface area (TPSA) is 47.0 Å². The monoisotopic (exact) mass is 353 g/mol. The Morgan fingerprint density at radius 2 is 1.84 bits per heavy atom. The molecule has 0 spiro atoms. The van der Waals surface area contributed by atoms with Gasteiger partial charge in [-0.1, -0.05) is 39.0 Å². The first-order chi connectivity index (χ1) is 11.7. The number of para-hydroxylation sites is 1. The Bertz CT molecular complexity index is 717. The standard InChI is InChI=1S/C18H22F3N3O/c1-5-12(4)25-16-14(18(19,20)21)10-22-17(24-16)23-15-9-7-6-8-13(15)11(2)3/h6-12H,5H2,1-4H3,(H,22,23,24). The van der Waals surface area contributed by atoms with E-state index in [1.807, 2.05) is 45.0 Å². The number of halogens is 3. The molecule has 1 atom stereocenters. The lowest BCUT2D eigenvalue weighted by Gasteiger charge is -2.18. The Morgan fingerprint density at radius 3 is 2.44 bits per heavy atom. The molecule has 7 heteroatoms. The van der Waals surface area contributed by atoms with Crippen LogP contribution >= 0.6 is 0 Å². The lowest BCUT2D eigenvalue weighted by Crippen LogP contribution is -2.17. The van der Waals surface area contributed by atoms with Crippen LogP contribution in [0.15, 0.2) is 30.5 Å². The lowest BCUT2D eigenvalue weighted by atomic mass is 10.0. The molecule has 1 unspecified atom stereocenters. The summed E-state index contributed by atoms with van der Waals surface area (Å²) >= 11 is 0. The summed E-state index contributed by atoms with van der Waals surface area (Å²) in [6.45, 7) is 7.60. The fourth-order valence-electron chi connectivity index (χ4n) is 2.22. The number of aromatic nitrogens is 2. The van der Waals surface area contributed by atoms with Gasteiger partial charge in [-0.25, -0.2) is 4.98 Å². The van der Waals surface area contributed by atoms with Gasteiger partial charge in [0.15, 0.2) is 0 Å². The van der Waals surface area contributed by atoms with Crippen LogP contribution in [0.5, 0.6) is 5.88 Å². The lowest BCUT2D eigenvalue weighted by molar-refractivity contribution is -0.139. The van der Waals surface area contributed by atoms with E-state index in [2.05, 4.69) is 15.3 Å². The highest BCUT2D eigenvalue weighted by atomic mass is 19.4. The van der Waals surface area contributed by atoms with Crippen molar-refractivity contribution in [3.05, 3.63) is 41.6 Å². The average molecular weight is 353 g/mol. The van der Waals surface area contributed by atoms with Crippen molar-refractivity contribution in [2.24, 2.45) is 0 Å². The van der Waals surface area contributed by atoms with Gasteiger partial charge in [0.25, 0.3) is 0 Å². The van der Waals surface area contributed by atoms with E-state index in [0.29, 0.717) is 6.42 Å². The molecule has 1 N–H and O–H groups in total. The van der Waals surface area contributed by atoms with E-state index < -0.39 is 17.6 Å². The summed E-state index contributed by atoms with van der Waals surface area (Å²) in [7, 11) is 0. The first-order valence-corrected chi connectivity index (χ1v) is 8.19. The van der Waals surface area contributed by atoms with Gasteiger partial charge in [0.05, 0.1) is 6.10 Å². The van der Waals surface area contributed by atoms with Crippen molar-refractivity contribution < 1.29 is 17.9 Å². The number of nitrogens with zero attached hydrogens (tertiary/aromatic N) is 2. The van der Waals surface area contributed by atoms with Gasteiger partial charge in [-0.05, 0) is 30.9 Å². The number of ether oxygens (including phenoxy) is 1. The Kier molecular flexibility index (Phi) is 5.87. The van der Waals surface area contributed by atoms with Crippen molar-refractivity contribution in [1.29, 1.82) is 0 Å². The van der Waals surface area contributed by atoms with E-state index in [0.717, 1.165) is 17.4 Å². The molecule has 136 valence electrons. The normalized spacial score (nSPS) is 13.0. The van der Waals surface area contributed by atoms with Crippen molar-refractivity contribution >= 4 is 11.6 Å². The van der Waals surface area contributed by atoms with Crippen LogP contribution in [0.25, 0.3) is 0 Å². The smallest absolute Gasteiger partial charge is 0.423 e. The molecule has 2 aromatic rings. The number of nitrogens with one attached hydrogen (secondary N) is 1. The highest BCUT2D eigenvalue weighted by Crippen LogP contribution is 2.36. The predicted octanol–water partition coefficient (Wildman–Crippen LogP) is 5.54. The van der Waals surface area contributed by atoms with Crippen molar-refractivity contribution in [3.63, 3.8) is 0 Å². The minimum atomic E-state index is -4.57. The van der Waals surface area contributed by atoms with Crippen molar-refractivity contribution in [2.45, 2.75) is 52.3 Å². The SMILES string of the molecule is CCC(C)Oc1nc(Nc2ccccc2C(C)C)ncc1C(F)(F)F. The van der Waals surface area contributed by atoms with Crippen LogP contribution in [0.2, 0.25) is 0 Å². The highest BCUT2D eigenvalue weighted by Gasteiger charge is 2.36. The predicted molar refractivity (Wildman–Crippen MR) is 91.2 cm³/mol. The van der Waals surface area contributed by atoms with Gasteiger partial charge < -0.3 is 10.1 Å². The third-order valence-electron chi connectivity index (χ3n) is 3.78. The largest absolute Gasteiger partial charge is 0.474 e. The maximum absolute atomic E-state index is 13.2. The van der Waals surface area contributed by atoms with Gasteiger partial charge in [0.2, 0.25) is 11.8 Å². The second kappa shape index (κ2) is 7.72. The molecule has 1 aromatic heterocycles. The zero-order valence-electron chi connectivity index (χ0n) is 14.7. The minimum Gasteiger partial charge on any atom is -0.474 e. The van der Waals surface area contributed by atoms with Crippen LogP contribution < -0.4 is 10.1 Å². The Labute approximate surface area is 145 Å². The third kappa shape index (κ3) is 4.84. The molecule has 4 nitrogen and oxygen atoms in total. The molecule has 0 saturated carbocycles. The molecular weight excluding hydrogens is 331 g/mol. The van der Waals surface area contributed by atoms with E-state index in [1.165, 1.54) is 0 Å². The van der Waals surface area contributed by atoms with Gasteiger partial charge in [-0.3, -0.25) is 0 Å².